The third kappa shape index (κ3) is 4.68. The van der Waals surface area contributed by atoms with Gasteiger partial charge in [-0.25, -0.2) is 0 Å². The number of amides is 1. The molecule has 1 heterocycles. The van der Waals surface area contributed by atoms with Gasteiger partial charge in [-0.15, -0.1) is 11.3 Å². The van der Waals surface area contributed by atoms with E-state index in [9.17, 15) is 4.79 Å². The molecule has 2 N–H and O–H groups in total. The van der Waals surface area contributed by atoms with E-state index >= 15 is 0 Å². The molecule has 1 amide bonds. The summed E-state index contributed by atoms with van der Waals surface area (Å²) in [6, 6.07) is 12.2. The Kier molecular flexibility index (Phi) is 5.37. The number of thiophene rings is 1. The van der Waals surface area contributed by atoms with E-state index in [-0.39, 0.29) is 17.4 Å². The van der Waals surface area contributed by atoms with Crippen LogP contribution in [-0.2, 0) is 4.79 Å². The lowest BCUT2D eigenvalue weighted by Crippen LogP contribution is -2.37. The Labute approximate surface area is 136 Å². The maximum Gasteiger partial charge on any atom is 0.238 e. The number of anilines is 1. The Morgan fingerprint density at radius 2 is 2.00 bits per heavy atom. The van der Waals surface area contributed by atoms with Crippen molar-refractivity contribution in [2.24, 2.45) is 5.41 Å². The molecule has 0 saturated carbocycles. The third-order valence-corrected chi connectivity index (χ3v) is 4.40. The van der Waals surface area contributed by atoms with Crippen molar-refractivity contribution in [1.29, 1.82) is 0 Å². The number of hydrogen-bond donors (Lipinski definition) is 2. The van der Waals surface area contributed by atoms with E-state index in [1.165, 1.54) is 4.88 Å². The first kappa shape index (κ1) is 16.7. The van der Waals surface area contributed by atoms with Crippen molar-refractivity contribution in [1.82, 2.24) is 5.32 Å². The quantitative estimate of drug-likeness (QED) is 0.860. The van der Waals surface area contributed by atoms with E-state index in [2.05, 4.69) is 42.9 Å². The van der Waals surface area contributed by atoms with Gasteiger partial charge in [0.25, 0.3) is 0 Å². The molecule has 0 spiro atoms. The van der Waals surface area contributed by atoms with E-state index in [1.54, 1.807) is 11.3 Å². The minimum Gasteiger partial charge on any atom is -0.325 e. The van der Waals surface area contributed by atoms with Crippen molar-refractivity contribution in [3.8, 4) is 0 Å². The molecule has 118 valence electrons. The fraction of sp³-hybridized carbons (Fsp3) is 0.389. The number of benzene rings is 1. The number of aryl methyl sites for hydroxylation is 1. The van der Waals surface area contributed by atoms with Crippen molar-refractivity contribution in [3.05, 3.63) is 52.2 Å². The number of rotatable bonds is 5. The highest BCUT2D eigenvalue weighted by atomic mass is 32.1. The van der Waals surface area contributed by atoms with Crippen LogP contribution in [-0.4, -0.2) is 12.5 Å². The standard InChI is InChI=1S/C18H24N2OS/c1-13-7-5-8-14(11-13)20-16(21)12-19-17(18(2,3)4)15-9-6-10-22-15/h5-11,17,19H,12H2,1-4H3,(H,20,21). The molecule has 2 aromatic rings. The first-order valence-electron chi connectivity index (χ1n) is 7.49. The lowest BCUT2D eigenvalue weighted by atomic mass is 9.86. The SMILES string of the molecule is Cc1cccc(NC(=O)CNC(c2cccs2)C(C)(C)C)c1. The average molecular weight is 316 g/mol. The van der Waals surface area contributed by atoms with Gasteiger partial charge in [-0.1, -0.05) is 39.0 Å². The number of nitrogens with one attached hydrogen (secondary N) is 2. The Bertz CT molecular complexity index is 614. The summed E-state index contributed by atoms with van der Waals surface area (Å²) in [6.07, 6.45) is 0. The molecular formula is C18H24N2OS. The van der Waals surface area contributed by atoms with Crippen molar-refractivity contribution in [2.45, 2.75) is 33.7 Å². The van der Waals surface area contributed by atoms with Gasteiger partial charge in [-0.3, -0.25) is 4.79 Å². The summed E-state index contributed by atoms with van der Waals surface area (Å²) in [4.78, 5) is 13.4. The smallest absolute Gasteiger partial charge is 0.238 e. The van der Waals surface area contributed by atoms with Gasteiger partial charge >= 0.3 is 0 Å². The summed E-state index contributed by atoms with van der Waals surface area (Å²) in [5, 5.41) is 8.40. The molecule has 0 aliphatic carbocycles. The monoisotopic (exact) mass is 316 g/mol. The molecule has 1 aromatic heterocycles. The first-order valence-corrected chi connectivity index (χ1v) is 8.37. The molecule has 0 saturated heterocycles. The summed E-state index contributed by atoms with van der Waals surface area (Å²) in [5.74, 6) is -0.0172. The van der Waals surface area contributed by atoms with Gasteiger partial charge in [0.2, 0.25) is 5.91 Å². The zero-order valence-electron chi connectivity index (χ0n) is 13.6. The van der Waals surface area contributed by atoms with Crippen LogP contribution in [0.3, 0.4) is 0 Å². The molecule has 2 rings (SSSR count). The molecule has 0 aliphatic heterocycles. The lowest BCUT2D eigenvalue weighted by molar-refractivity contribution is -0.115. The van der Waals surface area contributed by atoms with Gasteiger partial charge in [-0.05, 0) is 41.5 Å². The highest BCUT2D eigenvalue weighted by Crippen LogP contribution is 2.34. The Balaban J connectivity index is 1.96. The van der Waals surface area contributed by atoms with Crippen LogP contribution in [0.25, 0.3) is 0 Å². The zero-order chi connectivity index (χ0) is 16.2. The summed E-state index contributed by atoms with van der Waals surface area (Å²) in [5.41, 5.74) is 2.03. The molecule has 0 bridgehead atoms. The van der Waals surface area contributed by atoms with E-state index < -0.39 is 0 Å². The molecule has 1 atom stereocenters. The summed E-state index contributed by atoms with van der Waals surface area (Å²) >= 11 is 1.72. The predicted octanol–water partition coefficient (Wildman–Crippen LogP) is 4.37. The molecule has 4 heteroatoms. The van der Waals surface area contributed by atoms with Crippen LogP contribution in [0.5, 0.6) is 0 Å². The van der Waals surface area contributed by atoms with Crippen molar-refractivity contribution in [2.75, 3.05) is 11.9 Å². The van der Waals surface area contributed by atoms with Gasteiger partial charge in [0.05, 0.1) is 6.54 Å². The maximum absolute atomic E-state index is 12.2. The largest absolute Gasteiger partial charge is 0.325 e. The van der Waals surface area contributed by atoms with Crippen molar-refractivity contribution >= 4 is 22.9 Å². The van der Waals surface area contributed by atoms with Crippen LogP contribution < -0.4 is 10.6 Å². The van der Waals surface area contributed by atoms with Gasteiger partial charge in [-0.2, -0.15) is 0 Å². The number of carbonyl (C=O) groups excluding carboxylic acids is 1. The second kappa shape index (κ2) is 7.07. The Hall–Kier alpha value is -1.65. The second-order valence-corrected chi connectivity index (χ2v) is 7.59. The van der Waals surface area contributed by atoms with Crippen molar-refractivity contribution < 1.29 is 4.79 Å². The zero-order valence-corrected chi connectivity index (χ0v) is 14.5. The van der Waals surface area contributed by atoms with Crippen LogP contribution in [0.2, 0.25) is 0 Å². The highest BCUT2D eigenvalue weighted by Gasteiger charge is 2.27. The average Bonchev–Trinajstić information content (AvgIpc) is 2.91. The molecular weight excluding hydrogens is 292 g/mol. The second-order valence-electron chi connectivity index (χ2n) is 6.61. The summed E-state index contributed by atoms with van der Waals surface area (Å²) in [7, 11) is 0. The normalized spacial score (nSPS) is 12.9. The third-order valence-electron chi connectivity index (χ3n) is 3.46. The van der Waals surface area contributed by atoms with E-state index in [0.717, 1.165) is 11.3 Å². The Morgan fingerprint density at radius 3 is 2.59 bits per heavy atom. The van der Waals surface area contributed by atoms with E-state index in [1.807, 2.05) is 37.3 Å². The topological polar surface area (TPSA) is 41.1 Å². The van der Waals surface area contributed by atoms with Gasteiger partial charge in [0.15, 0.2) is 0 Å². The minimum absolute atomic E-state index is 0.0172. The van der Waals surface area contributed by atoms with E-state index in [4.69, 9.17) is 0 Å². The predicted molar refractivity (Wildman–Crippen MR) is 94.3 cm³/mol. The highest BCUT2D eigenvalue weighted by molar-refractivity contribution is 7.10. The van der Waals surface area contributed by atoms with Crippen LogP contribution >= 0.6 is 11.3 Å². The van der Waals surface area contributed by atoms with Crippen LogP contribution in [0.15, 0.2) is 41.8 Å². The summed E-state index contributed by atoms with van der Waals surface area (Å²) < 4.78 is 0. The van der Waals surface area contributed by atoms with Crippen LogP contribution in [0.4, 0.5) is 5.69 Å². The summed E-state index contributed by atoms with van der Waals surface area (Å²) in [6.45, 7) is 8.86. The van der Waals surface area contributed by atoms with Crippen LogP contribution in [0.1, 0.15) is 37.3 Å². The van der Waals surface area contributed by atoms with Gasteiger partial charge in [0.1, 0.15) is 0 Å². The molecule has 0 radical (unpaired) electrons. The molecule has 1 aromatic carbocycles. The molecule has 0 aliphatic rings. The molecule has 0 fully saturated rings. The fourth-order valence-corrected chi connectivity index (χ4v) is 3.46. The number of hydrogen-bond acceptors (Lipinski definition) is 3. The van der Waals surface area contributed by atoms with Crippen LogP contribution in [0, 0.1) is 12.3 Å². The minimum atomic E-state index is -0.0172. The van der Waals surface area contributed by atoms with Crippen molar-refractivity contribution in [3.63, 3.8) is 0 Å². The Morgan fingerprint density at radius 1 is 1.23 bits per heavy atom. The lowest BCUT2D eigenvalue weighted by Gasteiger charge is -2.30. The maximum atomic E-state index is 12.2. The fourth-order valence-electron chi connectivity index (χ4n) is 2.41. The van der Waals surface area contributed by atoms with Gasteiger partial charge < -0.3 is 10.6 Å². The number of carbonyl (C=O) groups is 1. The molecule has 3 nitrogen and oxygen atoms in total. The molecule has 22 heavy (non-hydrogen) atoms. The first-order chi connectivity index (χ1) is 10.4. The van der Waals surface area contributed by atoms with E-state index in [0.29, 0.717) is 6.54 Å². The van der Waals surface area contributed by atoms with Gasteiger partial charge in [0, 0.05) is 16.6 Å². The molecule has 1 unspecified atom stereocenters.